The summed E-state index contributed by atoms with van der Waals surface area (Å²) < 4.78 is 15.7. The minimum atomic E-state index is -5.27. The molecule has 0 radical (unpaired) electrons. The first-order valence-electron chi connectivity index (χ1n) is 6.10. The Morgan fingerprint density at radius 1 is 0.955 bits per heavy atom. The largest absolute Gasteiger partial charge is 0.471 e. The normalized spacial score (nSPS) is 11.7. The first-order valence-corrected chi connectivity index (χ1v) is 7.63. The molecular weight excluding hydrogens is 311 g/mol. The number of carbonyl (C=O) groups is 3. The Labute approximate surface area is 128 Å². The van der Waals surface area contributed by atoms with E-state index < -0.39 is 37.2 Å². The van der Waals surface area contributed by atoms with Gasteiger partial charge in [0.25, 0.3) is 0 Å². The Kier molecular flexibility index (Phi) is 6.53. The molecule has 122 valence electrons. The molecule has 0 amide bonds. The molecular formula is C14H19O7P. The Hall–Kier alpha value is -1.66. The van der Waals surface area contributed by atoms with Gasteiger partial charge in [0.05, 0.1) is 6.42 Å². The molecule has 0 heterocycles. The highest BCUT2D eigenvalue weighted by Gasteiger charge is 2.52. The van der Waals surface area contributed by atoms with Crippen molar-refractivity contribution >= 4 is 25.2 Å². The lowest BCUT2D eigenvalue weighted by atomic mass is 9.81. The summed E-state index contributed by atoms with van der Waals surface area (Å²) >= 11 is 0. The van der Waals surface area contributed by atoms with Crippen molar-refractivity contribution < 1.29 is 33.3 Å². The van der Waals surface area contributed by atoms with Gasteiger partial charge in [0.1, 0.15) is 0 Å². The molecule has 0 fully saturated rings. The third kappa shape index (κ3) is 4.96. The van der Waals surface area contributed by atoms with Crippen LogP contribution in [0.2, 0.25) is 0 Å². The Bertz CT molecular complexity index is 583. The molecule has 0 aromatic heterocycles. The number of hydrogen-bond acceptors (Lipinski definition) is 5. The summed E-state index contributed by atoms with van der Waals surface area (Å²) in [5, 5.41) is 0. The molecule has 0 rings (SSSR count). The van der Waals surface area contributed by atoms with Gasteiger partial charge in [0.2, 0.25) is 5.60 Å². The maximum atomic E-state index is 12.3. The van der Waals surface area contributed by atoms with E-state index in [-0.39, 0.29) is 16.7 Å². The van der Waals surface area contributed by atoms with Crippen LogP contribution < -0.4 is 0 Å². The molecule has 0 unspecified atom stereocenters. The van der Waals surface area contributed by atoms with Gasteiger partial charge in [-0.1, -0.05) is 19.7 Å². The number of rotatable bonds is 9. The van der Waals surface area contributed by atoms with Crippen LogP contribution in [0.15, 0.2) is 36.5 Å². The summed E-state index contributed by atoms with van der Waals surface area (Å²) in [7, 11) is -5.27. The van der Waals surface area contributed by atoms with Gasteiger partial charge in [-0.3, -0.25) is 18.9 Å². The zero-order valence-electron chi connectivity index (χ0n) is 12.7. The second-order valence-corrected chi connectivity index (χ2v) is 6.17. The number of ketones is 3. The molecule has 0 aromatic rings. The minimum Gasteiger partial charge on any atom is -0.303 e. The number of phosphoric acid groups is 1. The van der Waals surface area contributed by atoms with Crippen molar-refractivity contribution in [3.63, 3.8) is 0 Å². The standard InChI is InChI=1S/C14H19O7P/c1-8(2)11(15)7-14(12(16)9(3)4,13(17)10(5)6)21-22(18,19)20/h1,3,5,7H2,2,4,6H3,(H2,18,19,20). The highest BCUT2D eigenvalue weighted by molar-refractivity contribution is 7.46. The van der Waals surface area contributed by atoms with E-state index in [0.29, 0.717) is 0 Å². The molecule has 0 aliphatic rings. The van der Waals surface area contributed by atoms with Gasteiger partial charge in [-0.25, -0.2) is 4.57 Å². The first-order chi connectivity index (χ1) is 9.74. The van der Waals surface area contributed by atoms with Crippen LogP contribution in [0.5, 0.6) is 0 Å². The maximum Gasteiger partial charge on any atom is 0.471 e. The van der Waals surface area contributed by atoms with Crippen LogP contribution in [0.3, 0.4) is 0 Å². The van der Waals surface area contributed by atoms with Crippen molar-refractivity contribution in [1.29, 1.82) is 0 Å². The number of carbonyl (C=O) groups excluding carboxylic acids is 3. The van der Waals surface area contributed by atoms with Gasteiger partial charge in [-0.05, 0) is 37.5 Å². The van der Waals surface area contributed by atoms with Gasteiger partial charge < -0.3 is 9.79 Å². The van der Waals surface area contributed by atoms with Crippen LogP contribution in [0.1, 0.15) is 27.2 Å². The second-order valence-electron chi connectivity index (χ2n) is 5.01. The highest BCUT2D eigenvalue weighted by atomic mass is 31.2. The van der Waals surface area contributed by atoms with E-state index in [4.69, 9.17) is 9.79 Å². The van der Waals surface area contributed by atoms with Crippen molar-refractivity contribution in [3.05, 3.63) is 36.5 Å². The van der Waals surface area contributed by atoms with Crippen molar-refractivity contribution in [1.82, 2.24) is 0 Å². The smallest absolute Gasteiger partial charge is 0.303 e. The Balaban J connectivity index is 6.32. The molecule has 0 atom stereocenters. The van der Waals surface area contributed by atoms with Crippen molar-refractivity contribution in [2.75, 3.05) is 0 Å². The molecule has 0 aliphatic heterocycles. The van der Waals surface area contributed by atoms with E-state index in [1.54, 1.807) is 0 Å². The SMILES string of the molecule is C=C(C)C(=O)CC(OP(=O)(O)O)(C(=O)C(=C)C)C(=O)C(=C)C. The van der Waals surface area contributed by atoms with Gasteiger partial charge in [-0.15, -0.1) is 0 Å². The lowest BCUT2D eigenvalue weighted by Gasteiger charge is -2.30. The van der Waals surface area contributed by atoms with Crippen LogP contribution in [0, 0.1) is 0 Å². The fourth-order valence-electron chi connectivity index (χ4n) is 1.65. The average Bonchev–Trinajstić information content (AvgIpc) is 2.33. The number of phosphoric ester groups is 1. The third-order valence-corrected chi connectivity index (χ3v) is 3.22. The highest BCUT2D eigenvalue weighted by Crippen LogP contribution is 2.45. The van der Waals surface area contributed by atoms with E-state index in [1.807, 2.05) is 0 Å². The van der Waals surface area contributed by atoms with Crippen LogP contribution in [0.25, 0.3) is 0 Å². The first kappa shape index (κ1) is 20.3. The van der Waals surface area contributed by atoms with Crippen LogP contribution in [0.4, 0.5) is 0 Å². The zero-order chi connectivity index (χ0) is 17.9. The number of Topliss-reactive ketones (excluding diaryl/α,β-unsaturated/α-hetero) is 3. The summed E-state index contributed by atoms with van der Waals surface area (Å²) in [5.41, 5.74) is -3.09. The maximum absolute atomic E-state index is 12.3. The van der Waals surface area contributed by atoms with Gasteiger partial charge in [0, 0.05) is 0 Å². The fourth-order valence-corrected chi connectivity index (χ4v) is 2.28. The monoisotopic (exact) mass is 330 g/mol. The summed E-state index contributed by atoms with van der Waals surface area (Å²) in [6.45, 7) is 13.9. The molecule has 0 spiro atoms. The van der Waals surface area contributed by atoms with Crippen LogP contribution >= 0.6 is 7.82 Å². The molecule has 0 aliphatic carbocycles. The summed E-state index contributed by atoms with van der Waals surface area (Å²) in [4.78, 5) is 54.7. The van der Waals surface area contributed by atoms with Gasteiger partial charge in [-0.2, -0.15) is 0 Å². The summed E-state index contributed by atoms with van der Waals surface area (Å²) in [6, 6.07) is 0. The molecule has 0 bridgehead atoms. The topological polar surface area (TPSA) is 118 Å². The van der Waals surface area contributed by atoms with Crippen molar-refractivity contribution in [2.24, 2.45) is 0 Å². The van der Waals surface area contributed by atoms with Gasteiger partial charge in [0.15, 0.2) is 17.3 Å². The molecule has 8 heteroatoms. The molecule has 2 N–H and O–H groups in total. The molecule has 0 saturated heterocycles. The van der Waals surface area contributed by atoms with E-state index in [1.165, 1.54) is 20.8 Å². The quantitative estimate of drug-likeness (QED) is 0.375. The predicted octanol–water partition coefficient (Wildman–Crippen LogP) is 1.66. The van der Waals surface area contributed by atoms with Crippen LogP contribution in [-0.2, 0) is 23.5 Å². The second kappa shape index (κ2) is 7.07. The van der Waals surface area contributed by atoms with E-state index in [0.717, 1.165) is 0 Å². The predicted molar refractivity (Wildman–Crippen MR) is 79.9 cm³/mol. The average molecular weight is 330 g/mol. The third-order valence-electron chi connectivity index (χ3n) is 2.67. The molecule has 7 nitrogen and oxygen atoms in total. The zero-order valence-corrected chi connectivity index (χ0v) is 13.6. The minimum absolute atomic E-state index is 0.00252. The summed E-state index contributed by atoms with van der Waals surface area (Å²) in [5.74, 6) is -2.95. The lowest BCUT2D eigenvalue weighted by Crippen LogP contribution is -2.50. The Morgan fingerprint density at radius 2 is 1.32 bits per heavy atom. The van der Waals surface area contributed by atoms with Gasteiger partial charge >= 0.3 is 7.82 Å². The fraction of sp³-hybridized carbons (Fsp3) is 0.357. The number of allylic oxidation sites excluding steroid dienone is 1. The lowest BCUT2D eigenvalue weighted by molar-refractivity contribution is -0.148. The Morgan fingerprint density at radius 3 is 1.55 bits per heavy atom. The van der Waals surface area contributed by atoms with E-state index >= 15 is 0 Å². The molecule has 0 aromatic carbocycles. The molecule has 0 saturated carbocycles. The molecule has 22 heavy (non-hydrogen) atoms. The number of hydrogen-bond donors (Lipinski definition) is 2. The van der Waals surface area contributed by atoms with Crippen molar-refractivity contribution in [2.45, 2.75) is 32.8 Å². The van der Waals surface area contributed by atoms with E-state index in [9.17, 15) is 18.9 Å². The van der Waals surface area contributed by atoms with E-state index in [2.05, 4.69) is 24.3 Å². The summed E-state index contributed by atoms with van der Waals surface area (Å²) in [6.07, 6.45) is -0.898. The van der Waals surface area contributed by atoms with Crippen molar-refractivity contribution in [3.8, 4) is 0 Å². The van der Waals surface area contributed by atoms with Crippen LogP contribution in [-0.4, -0.2) is 32.7 Å².